The SMILES string of the molecule is O=C(CSc1ccc(NC(=O)/C(=C/c2ccccc2Cl)NC(=O)c2ccccc2)cc1)Nc1c(F)c(F)cc(F)c1F. The van der Waals surface area contributed by atoms with Crippen LogP contribution in [0.15, 0.2) is 95.5 Å². The highest BCUT2D eigenvalue weighted by Crippen LogP contribution is 2.26. The Hall–Kier alpha value is -4.61. The molecule has 6 nitrogen and oxygen atoms in total. The van der Waals surface area contributed by atoms with Gasteiger partial charge in [0.1, 0.15) is 11.4 Å². The molecule has 0 saturated heterocycles. The maximum absolute atomic E-state index is 13.8. The van der Waals surface area contributed by atoms with E-state index in [1.807, 2.05) is 5.32 Å². The first-order chi connectivity index (χ1) is 20.1. The first kappa shape index (κ1) is 30.4. The van der Waals surface area contributed by atoms with Gasteiger partial charge in [0, 0.05) is 27.2 Å². The zero-order chi connectivity index (χ0) is 30.2. The van der Waals surface area contributed by atoms with Gasteiger partial charge in [0.05, 0.1) is 5.75 Å². The lowest BCUT2D eigenvalue weighted by molar-refractivity contribution is -0.114. The third kappa shape index (κ3) is 7.77. The third-order valence-corrected chi connectivity index (χ3v) is 6.95. The number of carbonyl (C=O) groups is 3. The van der Waals surface area contributed by atoms with E-state index in [1.54, 1.807) is 66.7 Å². The molecule has 0 fully saturated rings. The van der Waals surface area contributed by atoms with E-state index in [0.717, 1.165) is 11.8 Å². The smallest absolute Gasteiger partial charge is 0.272 e. The topological polar surface area (TPSA) is 87.3 Å². The number of nitrogens with one attached hydrogen (secondary N) is 3. The van der Waals surface area contributed by atoms with Crippen LogP contribution in [0.4, 0.5) is 28.9 Å². The Morgan fingerprint density at radius 2 is 1.40 bits per heavy atom. The Labute approximate surface area is 246 Å². The summed E-state index contributed by atoms with van der Waals surface area (Å²) in [5.74, 6) is -9.08. The van der Waals surface area contributed by atoms with Crippen molar-refractivity contribution in [2.45, 2.75) is 4.90 Å². The molecule has 42 heavy (non-hydrogen) atoms. The van der Waals surface area contributed by atoms with Crippen molar-refractivity contribution in [3.63, 3.8) is 0 Å². The highest BCUT2D eigenvalue weighted by Gasteiger charge is 2.21. The molecular weight excluding hydrogens is 594 g/mol. The van der Waals surface area contributed by atoms with E-state index in [-0.39, 0.29) is 17.5 Å². The van der Waals surface area contributed by atoms with E-state index in [1.165, 1.54) is 18.2 Å². The summed E-state index contributed by atoms with van der Waals surface area (Å²) < 4.78 is 54.3. The maximum atomic E-state index is 13.8. The van der Waals surface area contributed by atoms with E-state index in [9.17, 15) is 31.9 Å². The van der Waals surface area contributed by atoms with Crippen molar-refractivity contribution >= 4 is 58.5 Å². The Kier molecular flexibility index (Phi) is 10.00. The molecule has 0 heterocycles. The third-order valence-electron chi connectivity index (χ3n) is 5.59. The molecule has 0 atom stereocenters. The number of rotatable bonds is 9. The lowest BCUT2D eigenvalue weighted by Crippen LogP contribution is -2.30. The molecule has 12 heteroatoms. The van der Waals surface area contributed by atoms with Gasteiger partial charge >= 0.3 is 0 Å². The Balaban J connectivity index is 1.42. The molecule has 0 spiro atoms. The first-order valence-electron chi connectivity index (χ1n) is 12.1. The molecule has 3 amide bonds. The van der Waals surface area contributed by atoms with Gasteiger partial charge in [-0.15, -0.1) is 11.8 Å². The van der Waals surface area contributed by atoms with Crippen molar-refractivity contribution in [2.24, 2.45) is 0 Å². The van der Waals surface area contributed by atoms with Gasteiger partial charge in [0.2, 0.25) is 5.91 Å². The minimum absolute atomic E-state index is 0.0438. The number of amides is 3. The molecule has 0 aliphatic rings. The summed E-state index contributed by atoms with van der Waals surface area (Å²) in [7, 11) is 0. The fourth-order valence-corrected chi connectivity index (χ4v) is 4.42. The summed E-state index contributed by atoms with van der Waals surface area (Å²) in [5.41, 5.74) is -0.0825. The Bertz CT molecular complexity index is 1640. The quantitative estimate of drug-likeness (QED) is 0.0818. The number of hydrogen-bond donors (Lipinski definition) is 3. The van der Waals surface area contributed by atoms with Gasteiger partial charge in [-0.3, -0.25) is 14.4 Å². The molecule has 0 aromatic heterocycles. The number of thioether (sulfide) groups is 1. The predicted octanol–water partition coefficient (Wildman–Crippen LogP) is 7.04. The predicted molar refractivity (Wildman–Crippen MR) is 154 cm³/mol. The van der Waals surface area contributed by atoms with Crippen molar-refractivity contribution in [1.29, 1.82) is 0 Å². The van der Waals surface area contributed by atoms with Gasteiger partial charge < -0.3 is 16.0 Å². The van der Waals surface area contributed by atoms with Crippen LogP contribution in [0.3, 0.4) is 0 Å². The molecule has 214 valence electrons. The summed E-state index contributed by atoms with van der Waals surface area (Å²) in [6.07, 6.45) is 1.44. The highest BCUT2D eigenvalue weighted by atomic mass is 35.5. The molecule has 0 radical (unpaired) electrons. The zero-order valence-electron chi connectivity index (χ0n) is 21.4. The van der Waals surface area contributed by atoms with Gasteiger partial charge in [-0.05, 0) is 54.1 Å². The number of halogens is 5. The first-order valence-corrected chi connectivity index (χ1v) is 13.5. The van der Waals surface area contributed by atoms with Gasteiger partial charge in [-0.2, -0.15) is 0 Å². The van der Waals surface area contributed by atoms with Gasteiger partial charge in [-0.1, -0.05) is 48.0 Å². The van der Waals surface area contributed by atoms with Gasteiger partial charge in [0.15, 0.2) is 23.3 Å². The second-order valence-corrected chi connectivity index (χ2v) is 10.0. The molecule has 4 aromatic rings. The van der Waals surface area contributed by atoms with E-state index in [0.29, 0.717) is 26.7 Å². The van der Waals surface area contributed by atoms with Crippen LogP contribution in [-0.2, 0) is 9.59 Å². The minimum Gasteiger partial charge on any atom is -0.321 e. The standard InChI is InChI=1S/C30H20ClF4N3O3S/c31-21-9-5-4-8-18(21)14-24(37-29(40)17-6-2-1-3-7-17)30(41)36-19-10-12-20(13-11-19)42-16-25(39)38-28-26(34)22(32)15-23(33)27(28)35/h1-15H,16H2,(H,36,41)(H,37,40)(H,38,39)/b24-14-. The normalized spacial score (nSPS) is 11.1. The minimum atomic E-state index is -1.71. The van der Waals surface area contributed by atoms with Crippen molar-refractivity contribution in [2.75, 3.05) is 16.4 Å². The maximum Gasteiger partial charge on any atom is 0.272 e. The molecular formula is C30H20ClF4N3O3S. The van der Waals surface area contributed by atoms with Crippen LogP contribution in [0.25, 0.3) is 6.08 Å². The second kappa shape index (κ2) is 13.8. The van der Waals surface area contributed by atoms with Crippen LogP contribution < -0.4 is 16.0 Å². The molecule has 3 N–H and O–H groups in total. The van der Waals surface area contributed by atoms with Crippen LogP contribution in [0.5, 0.6) is 0 Å². The van der Waals surface area contributed by atoms with E-state index < -0.39 is 46.7 Å². The molecule has 0 aliphatic heterocycles. The van der Waals surface area contributed by atoms with Crippen molar-refractivity contribution in [3.8, 4) is 0 Å². The highest BCUT2D eigenvalue weighted by molar-refractivity contribution is 8.00. The average Bonchev–Trinajstić information content (AvgIpc) is 2.99. The molecule has 4 aromatic carbocycles. The number of benzene rings is 4. The Morgan fingerprint density at radius 3 is 2.05 bits per heavy atom. The summed E-state index contributed by atoms with van der Waals surface area (Å²) >= 11 is 7.21. The largest absolute Gasteiger partial charge is 0.321 e. The monoisotopic (exact) mass is 613 g/mol. The summed E-state index contributed by atoms with van der Waals surface area (Å²) in [6, 6.07) is 21.3. The molecule has 0 aliphatic carbocycles. The molecule has 4 rings (SSSR count). The van der Waals surface area contributed by atoms with E-state index in [4.69, 9.17) is 11.6 Å². The summed E-state index contributed by atoms with van der Waals surface area (Å²) in [4.78, 5) is 38.6. The van der Waals surface area contributed by atoms with Gasteiger partial charge in [0.25, 0.3) is 11.8 Å². The number of anilines is 2. The van der Waals surface area contributed by atoms with Crippen LogP contribution in [-0.4, -0.2) is 23.5 Å². The van der Waals surface area contributed by atoms with Crippen molar-refractivity contribution in [3.05, 3.63) is 130 Å². The van der Waals surface area contributed by atoms with Crippen molar-refractivity contribution in [1.82, 2.24) is 5.32 Å². The van der Waals surface area contributed by atoms with Crippen LogP contribution in [0.1, 0.15) is 15.9 Å². The molecule has 0 bridgehead atoms. The van der Waals surface area contributed by atoms with Crippen LogP contribution in [0, 0.1) is 23.3 Å². The number of carbonyl (C=O) groups excluding carboxylic acids is 3. The lowest BCUT2D eigenvalue weighted by atomic mass is 10.1. The second-order valence-electron chi connectivity index (χ2n) is 8.56. The van der Waals surface area contributed by atoms with Crippen molar-refractivity contribution < 1.29 is 31.9 Å². The van der Waals surface area contributed by atoms with Crippen LogP contribution >= 0.6 is 23.4 Å². The summed E-state index contributed by atoms with van der Waals surface area (Å²) in [5, 5.41) is 7.49. The number of hydrogen-bond acceptors (Lipinski definition) is 4. The zero-order valence-corrected chi connectivity index (χ0v) is 23.0. The lowest BCUT2D eigenvalue weighted by Gasteiger charge is -2.12. The fourth-order valence-electron chi connectivity index (χ4n) is 3.53. The van der Waals surface area contributed by atoms with Gasteiger partial charge in [-0.25, -0.2) is 17.6 Å². The average molecular weight is 614 g/mol. The van der Waals surface area contributed by atoms with E-state index in [2.05, 4.69) is 10.6 Å². The molecule has 0 saturated carbocycles. The fraction of sp³-hybridized carbons (Fsp3) is 0.0333. The Morgan fingerprint density at radius 1 is 0.786 bits per heavy atom. The summed E-state index contributed by atoms with van der Waals surface area (Å²) in [6.45, 7) is 0. The van der Waals surface area contributed by atoms with Crippen LogP contribution in [0.2, 0.25) is 5.02 Å². The molecule has 0 unspecified atom stereocenters. The van der Waals surface area contributed by atoms with E-state index >= 15 is 0 Å².